The van der Waals surface area contributed by atoms with Crippen LogP contribution in [0.3, 0.4) is 0 Å². The molecule has 18 heavy (non-hydrogen) atoms. The molecule has 0 amide bonds. The van der Waals surface area contributed by atoms with Crippen LogP contribution in [-0.2, 0) is 0 Å². The van der Waals surface area contributed by atoms with E-state index in [1.165, 1.54) is 0 Å². The number of thiophene rings is 1. The van der Waals surface area contributed by atoms with Gasteiger partial charge in [-0.15, -0.1) is 0 Å². The summed E-state index contributed by atoms with van der Waals surface area (Å²) < 4.78 is 0. The number of nitrogen functional groups attached to an aromatic ring is 1. The van der Waals surface area contributed by atoms with E-state index < -0.39 is 4.92 Å². The molecular weight excluding hydrogens is 254 g/mol. The Bertz CT molecular complexity index is 557. The number of nitro groups is 1. The van der Waals surface area contributed by atoms with Crippen LogP contribution in [0.1, 0.15) is 18.5 Å². The third-order valence-electron chi connectivity index (χ3n) is 2.38. The van der Waals surface area contributed by atoms with Gasteiger partial charge in [0.2, 0.25) is 11.8 Å². The second-order valence-corrected chi connectivity index (χ2v) is 4.42. The fourth-order valence-corrected chi connectivity index (χ4v) is 2.19. The first kappa shape index (κ1) is 12.2. The molecule has 0 aliphatic carbocycles. The fourth-order valence-electron chi connectivity index (χ4n) is 1.44. The third-order valence-corrected chi connectivity index (χ3v) is 3.08. The molecule has 1 atom stereocenters. The Morgan fingerprint density at radius 2 is 2.39 bits per heavy atom. The summed E-state index contributed by atoms with van der Waals surface area (Å²) in [4.78, 5) is 17.8. The second-order valence-electron chi connectivity index (χ2n) is 3.64. The van der Waals surface area contributed by atoms with Crippen molar-refractivity contribution in [2.24, 2.45) is 0 Å². The third kappa shape index (κ3) is 2.54. The van der Waals surface area contributed by atoms with E-state index in [4.69, 9.17) is 5.73 Å². The number of hydrogen-bond donors (Lipinski definition) is 2. The summed E-state index contributed by atoms with van der Waals surface area (Å²) in [5.41, 5.74) is 6.28. The van der Waals surface area contributed by atoms with E-state index in [0.717, 1.165) is 11.8 Å². The summed E-state index contributed by atoms with van der Waals surface area (Å²) in [6.07, 6.45) is 1.10. The van der Waals surface area contributed by atoms with Crippen molar-refractivity contribution in [1.82, 2.24) is 9.97 Å². The highest BCUT2D eigenvalue weighted by Crippen LogP contribution is 2.26. The van der Waals surface area contributed by atoms with Crippen molar-refractivity contribution >= 4 is 28.8 Å². The molecule has 7 nitrogen and oxygen atoms in total. The van der Waals surface area contributed by atoms with Crippen molar-refractivity contribution in [1.29, 1.82) is 0 Å². The first-order valence-corrected chi connectivity index (χ1v) is 6.07. The lowest BCUT2D eigenvalue weighted by Gasteiger charge is -2.13. The summed E-state index contributed by atoms with van der Waals surface area (Å²) in [7, 11) is 0. The predicted molar refractivity (Wildman–Crippen MR) is 69.5 cm³/mol. The molecular formula is C10H11N5O2S. The van der Waals surface area contributed by atoms with Gasteiger partial charge in [-0.3, -0.25) is 10.1 Å². The molecule has 2 aromatic heterocycles. The highest BCUT2D eigenvalue weighted by atomic mass is 32.1. The van der Waals surface area contributed by atoms with Crippen LogP contribution in [0.15, 0.2) is 23.0 Å². The normalized spacial score (nSPS) is 12.1. The summed E-state index contributed by atoms with van der Waals surface area (Å²) in [6.45, 7) is 1.89. The molecule has 0 bridgehead atoms. The van der Waals surface area contributed by atoms with Gasteiger partial charge < -0.3 is 11.1 Å². The quantitative estimate of drug-likeness (QED) is 0.648. The molecule has 0 saturated carbocycles. The largest absolute Gasteiger partial charge is 0.368 e. The van der Waals surface area contributed by atoms with Crippen LogP contribution in [0.4, 0.5) is 17.5 Å². The van der Waals surface area contributed by atoms with Gasteiger partial charge in [-0.1, -0.05) is 0 Å². The molecule has 3 N–H and O–H groups in total. The molecule has 0 saturated heterocycles. The lowest BCUT2D eigenvalue weighted by Crippen LogP contribution is -2.10. The van der Waals surface area contributed by atoms with Gasteiger partial charge in [0.1, 0.15) is 6.20 Å². The lowest BCUT2D eigenvalue weighted by atomic mass is 10.2. The predicted octanol–water partition coefficient (Wildman–Crippen LogP) is 2.20. The zero-order chi connectivity index (χ0) is 13.1. The minimum Gasteiger partial charge on any atom is -0.368 e. The topological polar surface area (TPSA) is 107 Å². The Morgan fingerprint density at radius 3 is 3.00 bits per heavy atom. The van der Waals surface area contributed by atoms with Crippen LogP contribution in [0.5, 0.6) is 0 Å². The van der Waals surface area contributed by atoms with Gasteiger partial charge in [0.25, 0.3) is 0 Å². The van der Waals surface area contributed by atoms with Crippen LogP contribution >= 0.6 is 11.3 Å². The monoisotopic (exact) mass is 265 g/mol. The number of nitrogens with one attached hydrogen (secondary N) is 1. The number of anilines is 2. The number of hydrogen-bond acceptors (Lipinski definition) is 7. The molecule has 0 aromatic carbocycles. The van der Waals surface area contributed by atoms with Gasteiger partial charge in [-0.25, -0.2) is 4.98 Å². The summed E-state index contributed by atoms with van der Waals surface area (Å²) in [5, 5.41) is 17.7. The molecule has 2 aromatic rings. The summed E-state index contributed by atoms with van der Waals surface area (Å²) in [5.74, 6) is 0.131. The Kier molecular flexibility index (Phi) is 3.38. The van der Waals surface area contributed by atoms with E-state index >= 15 is 0 Å². The highest BCUT2D eigenvalue weighted by Gasteiger charge is 2.18. The van der Waals surface area contributed by atoms with Crippen molar-refractivity contribution in [3.63, 3.8) is 0 Å². The standard InChI is InChI=1S/C10H11N5O2S/c1-6(7-2-3-18-5-7)13-9-8(15(16)17)4-12-10(11)14-9/h2-6H,1H3,(H3,11,12,13,14). The maximum absolute atomic E-state index is 10.8. The Hall–Kier alpha value is -2.22. The van der Waals surface area contributed by atoms with Crippen molar-refractivity contribution < 1.29 is 4.92 Å². The number of aromatic nitrogens is 2. The maximum atomic E-state index is 10.8. The van der Waals surface area contributed by atoms with E-state index in [0.29, 0.717) is 0 Å². The molecule has 0 spiro atoms. The average Bonchev–Trinajstić information content (AvgIpc) is 2.81. The number of nitrogens with two attached hydrogens (primary N) is 1. The van der Waals surface area contributed by atoms with Gasteiger partial charge >= 0.3 is 5.69 Å². The van der Waals surface area contributed by atoms with Crippen molar-refractivity contribution in [3.8, 4) is 0 Å². The molecule has 2 heterocycles. The Balaban J connectivity index is 2.28. The minimum atomic E-state index is -0.540. The highest BCUT2D eigenvalue weighted by molar-refractivity contribution is 7.07. The molecule has 0 aliphatic rings. The van der Waals surface area contributed by atoms with Gasteiger partial charge in [-0.2, -0.15) is 16.3 Å². The molecule has 0 radical (unpaired) electrons. The summed E-state index contributed by atoms with van der Waals surface area (Å²) in [6, 6.07) is 1.85. The summed E-state index contributed by atoms with van der Waals surface area (Å²) >= 11 is 1.56. The van der Waals surface area contributed by atoms with Crippen LogP contribution in [-0.4, -0.2) is 14.9 Å². The van der Waals surface area contributed by atoms with Crippen molar-refractivity contribution in [2.45, 2.75) is 13.0 Å². The van der Waals surface area contributed by atoms with Crippen molar-refractivity contribution in [2.75, 3.05) is 11.1 Å². The van der Waals surface area contributed by atoms with Crippen LogP contribution in [0.25, 0.3) is 0 Å². The van der Waals surface area contributed by atoms with Crippen LogP contribution in [0, 0.1) is 10.1 Å². The zero-order valence-electron chi connectivity index (χ0n) is 9.53. The molecule has 2 rings (SSSR count). The Labute approximate surface area is 107 Å². The molecule has 0 fully saturated rings. The van der Waals surface area contributed by atoms with E-state index in [1.807, 2.05) is 23.8 Å². The van der Waals surface area contributed by atoms with Gasteiger partial charge in [0, 0.05) is 0 Å². The molecule has 0 aliphatic heterocycles. The second kappa shape index (κ2) is 4.96. The van der Waals surface area contributed by atoms with Gasteiger partial charge in [0.15, 0.2) is 0 Å². The lowest BCUT2D eigenvalue weighted by molar-refractivity contribution is -0.384. The van der Waals surface area contributed by atoms with Crippen LogP contribution < -0.4 is 11.1 Å². The van der Waals surface area contributed by atoms with E-state index in [2.05, 4.69) is 15.3 Å². The maximum Gasteiger partial charge on any atom is 0.329 e. The first-order valence-electron chi connectivity index (χ1n) is 5.13. The van der Waals surface area contributed by atoms with E-state index in [-0.39, 0.29) is 23.5 Å². The molecule has 1 unspecified atom stereocenters. The number of rotatable bonds is 4. The smallest absolute Gasteiger partial charge is 0.329 e. The zero-order valence-corrected chi connectivity index (χ0v) is 10.3. The minimum absolute atomic E-state index is 0.000573. The fraction of sp³-hybridized carbons (Fsp3) is 0.200. The number of nitrogens with zero attached hydrogens (tertiary/aromatic N) is 3. The van der Waals surface area contributed by atoms with Gasteiger partial charge in [0.05, 0.1) is 11.0 Å². The Morgan fingerprint density at radius 1 is 1.61 bits per heavy atom. The average molecular weight is 265 g/mol. The van der Waals surface area contributed by atoms with Crippen molar-refractivity contribution in [3.05, 3.63) is 38.7 Å². The molecule has 8 heteroatoms. The SMILES string of the molecule is CC(Nc1nc(N)ncc1[N+](=O)[O-])c1ccsc1. The van der Waals surface area contributed by atoms with Gasteiger partial charge in [-0.05, 0) is 29.3 Å². The van der Waals surface area contributed by atoms with E-state index in [1.54, 1.807) is 11.3 Å². The van der Waals surface area contributed by atoms with Crippen LogP contribution in [0.2, 0.25) is 0 Å². The van der Waals surface area contributed by atoms with E-state index in [9.17, 15) is 10.1 Å². The molecule has 94 valence electrons. The first-order chi connectivity index (χ1) is 8.58.